The fraction of sp³-hybridized carbons (Fsp3) is 0.800. The fourth-order valence-electron chi connectivity index (χ4n) is 3.63. The van der Waals surface area contributed by atoms with Crippen LogP contribution in [-0.2, 0) is 11.3 Å². The number of likely N-dealkylation sites (tertiary alicyclic amines) is 1. The van der Waals surface area contributed by atoms with Gasteiger partial charge >= 0.3 is 6.01 Å². The summed E-state index contributed by atoms with van der Waals surface area (Å²) in [6.45, 7) is 5.56. The number of hydrogen-bond acceptors (Lipinski definition) is 5. The Morgan fingerprint density at radius 2 is 2.00 bits per heavy atom. The van der Waals surface area contributed by atoms with Gasteiger partial charge in [-0.1, -0.05) is 0 Å². The van der Waals surface area contributed by atoms with Crippen LogP contribution in [0.1, 0.15) is 32.6 Å². The maximum absolute atomic E-state index is 11.7. The lowest BCUT2D eigenvalue weighted by Crippen LogP contribution is -2.50. The molecule has 2 aliphatic rings. The Balaban J connectivity index is 1.66. The molecule has 7 nitrogen and oxygen atoms in total. The Morgan fingerprint density at radius 3 is 2.55 bits per heavy atom. The number of aromatic nitrogens is 3. The molecule has 7 heteroatoms. The fourth-order valence-corrected chi connectivity index (χ4v) is 3.63. The van der Waals surface area contributed by atoms with Crippen molar-refractivity contribution in [3.05, 3.63) is 0 Å². The van der Waals surface area contributed by atoms with E-state index in [0.29, 0.717) is 12.4 Å². The topological polar surface area (TPSA) is 63.5 Å². The molecule has 1 spiro atoms. The van der Waals surface area contributed by atoms with Gasteiger partial charge in [-0.2, -0.15) is 4.98 Å². The molecular formula is C15H25N5O2. The second-order valence-electron chi connectivity index (χ2n) is 6.45. The molecule has 122 valence electrons. The molecule has 0 aromatic carbocycles. The Morgan fingerprint density at radius 1 is 1.27 bits per heavy atom. The van der Waals surface area contributed by atoms with Gasteiger partial charge in [-0.15, -0.1) is 5.10 Å². The van der Waals surface area contributed by atoms with E-state index in [4.69, 9.17) is 4.74 Å². The van der Waals surface area contributed by atoms with Gasteiger partial charge < -0.3 is 14.5 Å². The molecule has 2 aliphatic heterocycles. The molecule has 2 fully saturated rings. The van der Waals surface area contributed by atoms with E-state index >= 15 is 0 Å². The molecule has 1 aromatic rings. The van der Waals surface area contributed by atoms with Crippen LogP contribution >= 0.6 is 0 Å². The van der Waals surface area contributed by atoms with Crippen LogP contribution in [-0.4, -0.2) is 59.4 Å². The van der Waals surface area contributed by atoms with Crippen LogP contribution in [0.2, 0.25) is 0 Å². The van der Waals surface area contributed by atoms with Crippen LogP contribution in [0.3, 0.4) is 0 Å². The zero-order valence-corrected chi connectivity index (χ0v) is 13.7. The third-order valence-corrected chi connectivity index (χ3v) is 5.08. The molecule has 1 aromatic heterocycles. The number of amides is 1. The average molecular weight is 307 g/mol. The number of methoxy groups -OCH3 is 1. The zero-order chi connectivity index (χ0) is 15.7. The average Bonchev–Trinajstić information content (AvgIpc) is 2.95. The number of nitrogens with zero attached hydrogens (tertiary/aromatic N) is 5. The maximum Gasteiger partial charge on any atom is 0.316 e. The summed E-state index contributed by atoms with van der Waals surface area (Å²) < 4.78 is 7.05. The highest BCUT2D eigenvalue weighted by Crippen LogP contribution is 2.40. The van der Waals surface area contributed by atoms with Gasteiger partial charge in [0.1, 0.15) is 0 Å². The SMILES string of the molecule is CCn1nc(N2CCC3(CCC(=O)N(C)C3)CC2)nc1OC. The summed E-state index contributed by atoms with van der Waals surface area (Å²) >= 11 is 0. The summed E-state index contributed by atoms with van der Waals surface area (Å²) in [6.07, 6.45) is 3.89. The Bertz CT molecular complexity index is 527. The van der Waals surface area contributed by atoms with E-state index < -0.39 is 0 Å². The number of rotatable bonds is 3. The smallest absolute Gasteiger partial charge is 0.316 e. The molecule has 3 heterocycles. The Hall–Kier alpha value is -1.79. The van der Waals surface area contributed by atoms with Crippen LogP contribution in [0.4, 0.5) is 5.95 Å². The first kappa shape index (κ1) is 15.1. The number of aryl methyl sites for hydroxylation is 1. The van der Waals surface area contributed by atoms with Crippen molar-refractivity contribution in [1.82, 2.24) is 19.7 Å². The molecule has 0 atom stereocenters. The second-order valence-corrected chi connectivity index (χ2v) is 6.45. The van der Waals surface area contributed by atoms with Gasteiger partial charge in [-0.05, 0) is 31.6 Å². The molecule has 0 saturated carbocycles. The van der Waals surface area contributed by atoms with Gasteiger partial charge in [0.25, 0.3) is 0 Å². The van der Waals surface area contributed by atoms with E-state index in [-0.39, 0.29) is 11.3 Å². The first-order valence-electron chi connectivity index (χ1n) is 8.05. The summed E-state index contributed by atoms with van der Waals surface area (Å²) in [5.41, 5.74) is 0.288. The first-order chi connectivity index (χ1) is 10.6. The van der Waals surface area contributed by atoms with Gasteiger partial charge in [-0.25, -0.2) is 4.68 Å². The second kappa shape index (κ2) is 5.78. The predicted molar refractivity (Wildman–Crippen MR) is 83.0 cm³/mol. The van der Waals surface area contributed by atoms with Gasteiger partial charge in [0.2, 0.25) is 11.9 Å². The van der Waals surface area contributed by atoms with Crippen LogP contribution < -0.4 is 9.64 Å². The first-order valence-corrected chi connectivity index (χ1v) is 8.05. The summed E-state index contributed by atoms with van der Waals surface area (Å²) in [5, 5.41) is 4.53. The van der Waals surface area contributed by atoms with Crippen molar-refractivity contribution in [2.45, 2.75) is 39.2 Å². The largest absolute Gasteiger partial charge is 0.467 e. The number of anilines is 1. The lowest BCUT2D eigenvalue weighted by Gasteiger charge is -2.46. The molecule has 2 saturated heterocycles. The molecule has 0 radical (unpaired) electrons. The minimum Gasteiger partial charge on any atom is -0.467 e. The van der Waals surface area contributed by atoms with E-state index in [2.05, 4.69) is 15.0 Å². The minimum atomic E-state index is 0.279. The summed E-state index contributed by atoms with van der Waals surface area (Å²) in [6, 6.07) is 0.570. The van der Waals surface area contributed by atoms with Crippen molar-refractivity contribution < 1.29 is 9.53 Å². The molecular weight excluding hydrogens is 282 g/mol. The maximum atomic E-state index is 11.7. The van der Waals surface area contributed by atoms with E-state index in [1.807, 2.05) is 18.9 Å². The van der Waals surface area contributed by atoms with Crippen molar-refractivity contribution in [3.8, 4) is 6.01 Å². The van der Waals surface area contributed by atoms with Crippen molar-refractivity contribution in [3.63, 3.8) is 0 Å². The number of carbonyl (C=O) groups is 1. The molecule has 0 unspecified atom stereocenters. The van der Waals surface area contributed by atoms with Crippen molar-refractivity contribution in [2.75, 3.05) is 38.7 Å². The van der Waals surface area contributed by atoms with Crippen molar-refractivity contribution >= 4 is 11.9 Å². The van der Waals surface area contributed by atoms with E-state index in [9.17, 15) is 4.79 Å². The molecule has 0 N–H and O–H groups in total. The quantitative estimate of drug-likeness (QED) is 0.838. The highest BCUT2D eigenvalue weighted by atomic mass is 16.5. The van der Waals surface area contributed by atoms with Crippen LogP contribution in [0.5, 0.6) is 6.01 Å². The van der Waals surface area contributed by atoms with Crippen LogP contribution in [0.25, 0.3) is 0 Å². The standard InChI is InChI=1S/C15H25N5O2/c1-4-20-14(22-3)16-13(17-20)19-9-7-15(8-10-19)6-5-12(21)18(2)11-15/h4-11H2,1-3H3. The van der Waals surface area contributed by atoms with E-state index in [1.54, 1.807) is 11.8 Å². The molecule has 3 rings (SSSR count). The Kier molecular flexibility index (Phi) is 3.97. The number of hydrogen-bond donors (Lipinski definition) is 0. The molecule has 1 amide bonds. The monoisotopic (exact) mass is 307 g/mol. The summed E-state index contributed by atoms with van der Waals surface area (Å²) in [7, 11) is 3.55. The van der Waals surface area contributed by atoms with Crippen LogP contribution in [0, 0.1) is 5.41 Å². The predicted octanol–water partition coefficient (Wildman–Crippen LogP) is 1.15. The van der Waals surface area contributed by atoms with Crippen molar-refractivity contribution in [1.29, 1.82) is 0 Å². The van der Waals surface area contributed by atoms with Gasteiger partial charge in [0.15, 0.2) is 0 Å². The van der Waals surface area contributed by atoms with Gasteiger partial charge in [0.05, 0.1) is 7.11 Å². The molecule has 0 aliphatic carbocycles. The molecule has 0 bridgehead atoms. The van der Waals surface area contributed by atoms with Crippen LogP contribution in [0.15, 0.2) is 0 Å². The zero-order valence-electron chi connectivity index (χ0n) is 13.7. The third kappa shape index (κ3) is 2.64. The highest BCUT2D eigenvalue weighted by molar-refractivity contribution is 5.76. The lowest BCUT2D eigenvalue weighted by atomic mass is 9.72. The van der Waals surface area contributed by atoms with Gasteiger partial charge in [0, 0.05) is 39.6 Å². The molecule has 22 heavy (non-hydrogen) atoms. The number of carbonyl (C=O) groups excluding carboxylic acids is 1. The summed E-state index contributed by atoms with van der Waals surface area (Å²) in [5.74, 6) is 1.04. The number of piperidine rings is 2. The van der Waals surface area contributed by atoms with Crippen molar-refractivity contribution in [2.24, 2.45) is 5.41 Å². The summed E-state index contributed by atoms with van der Waals surface area (Å²) in [4.78, 5) is 20.3. The number of ether oxygens (including phenoxy) is 1. The Labute approximate surface area is 131 Å². The normalized spacial score (nSPS) is 21.5. The minimum absolute atomic E-state index is 0.279. The highest BCUT2D eigenvalue weighted by Gasteiger charge is 2.40. The van der Waals surface area contributed by atoms with E-state index in [0.717, 1.165) is 51.4 Å². The lowest BCUT2D eigenvalue weighted by molar-refractivity contribution is -0.136. The third-order valence-electron chi connectivity index (χ3n) is 5.08. The van der Waals surface area contributed by atoms with Gasteiger partial charge in [-0.3, -0.25) is 4.79 Å². The van der Waals surface area contributed by atoms with E-state index in [1.165, 1.54) is 0 Å².